The number of amides is 2. The van der Waals surface area contributed by atoms with Crippen LogP contribution in [0, 0.1) is 28.5 Å². The van der Waals surface area contributed by atoms with E-state index in [2.05, 4.69) is 11.4 Å². The van der Waals surface area contributed by atoms with E-state index in [9.17, 15) is 14.0 Å². The highest BCUT2D eigenvalue weighted by molar-refractivity contribution is 5.90. The zero-order valence-corrected chi connectivity index (χ0v) is 16.7. The van der Waals surface area contributed by atoms with E-state index in [4.69, 9.17) is 15.3 Å². The Hall–Kier alpha value is -3.59. The van der Waals surface area contributed by atoms with E-state index in [1.54, 1.807) is 25.1 Å². The van der Waals surface area contributed by atoms with Gasteiger partial charge in [-0.2, -0.15) is 10.5 Å². The van der Waals surface area contributed by atoms with E-state index in [1.165, 1.54) is 11.0 Å². The largest absolute Gasteiger partial charge is 0.442 e. The minimum absolute atomic E-state index is 0.0923. The van der Waals surface area contributed by atoms with Gasteiger partial charge in [-0.05, 0) is 38.0 Å². The van der Waals surface area contributed by atoms with E-state index >= 15 is 0 Å². The third-order valence-electron chi connectivity index (χ3n) is 5.29. The third-order valence-corrected chi connectivity index (χ3v) is 5.29. The van der Waals surface area contributed by atoms with Gasteiger partial charge in [-0.1, -0.05) is 5.57 Å². The van der Waals surface area contributed by atoms with Crippen molar-refractivity contribution in [2.24, 2.45) is 0 Å². The normalized spacial score (nSPS) is 18.5. The van der Waals surface area contributed by atoms with E-state index in [0.717, 1.165) is 24.0 Å². The van der Waals surface area contributed by atoms with Crippen LogP contribution < -0.4 is 15.1 Å². The Kier molecular flexibility index (Phi) is 6.53. The lowest BCUT2D eigenvalue weighted by atomic mass is 9.99. The van der Waals surface area contributed by atoms with Gasteiger partial charge in [0.2, 0.25) is 5.91 Å². The lowest BCUT2D eigenvalue weighted by molar-refractivity contribution is -0.120. The number of cyclic esters (lactones) is 1. The molecular formula is C21H22FN5O3. The number of nitriles is 2. The first-order valence-corrected chi connectivity index (χ1v) is 9.68. The van der Waals surface area contributed by atoms with Gasteiger partial charge in [-0.3, -0.25) is 9.69 Å². The predicted octanol–water partition coefficient (Wildman–Crippen LogP) is 2.62. The summed E-state index contributed by atoms with van der Waals surface area (Å²) >= 11 is 0. The molecule has 1 aromatic rings. The number of piperidine rings is 1. The Morgan fingerprint density at radius 3 is 2.70 bits per heavy atom. The van der Waals surface area contributed by atoms with Gasteiger partial charge in [-0.25, -0.2) is 9.18 Å². The number of ether oxygens (including phenoxy) is 1. The van der Waals surface area contributed by atoms with Crippen molar-refractivity contribution in [3.63, 3.8) is 0 Å². The number of rotatable bonds is 5. The molecule has 9 heteroatoms. The summed E-state index contributed by atoms with van der Waals surface area (Å²) in [6.45, 7) is 3.32. The van der Waals surface area contributed by atoms with Crippen molar-refractivity contribution in [3.05, 3.63) is 35.2 Å². The molecule has 0 aliphatic carbocycles. The number of benzene rings is 1. The summed E-state index contributed by atoms with van der Waals surface area (Å²) in [6, 6.07) is 8.53. The van der Waals surface area contributed by atoms with Crippen molar-refractivity contribution < 1.29 is 18.7 Å². The molecule has 0 aromatic heterocycles. The van der Waals surface area contributed by atoms with E-state index in [1.807, 2.05) is 4.90 Å². The highest BCUT2D eigenvalue weighted by Crippen LogP contribution is 2.30. The minimum atomic E-state index is -0.610. The van der Waals surface area contributed by atoms with Crippen LogP contribution in [-0.4, -0.2) is 44.3 Å². The molecule has 0 unspecified atom stereocenters. The summed E-state index contributed by atoms with van der Waals surface area (Å²) in [4.78, 5) is 26.8. The number of nitrogens with one attached hydrogen (secondary N) is 1. The van der Waals surface area contributed by atoms with Gasteiger partial charge in [0.15, 0.2) is 0 Å². The monoisotopic (exact) mass is 411 g/mol. The molecule has 2 saturated heterocycles. The van der Waals surface area contributed by atoms with E-state index in [-0.39, 0.29) is 19.5 Å². The maximum atomic E-state index is 14.8. The molecule has 2 heterocycles. The number of halogens is 1. The number of hydrogen-bond acceptors (Lipinski definition) is 6. The van der Waals surface area contributed by atoms with Crippen molar-refractivity contribution >= 4 is 23.4 Å². The molecule has 0 radical (unpaired) electrons. The molecule has 156 valence electrons. The van der Waals surface area contributed by atoms with Gasteiger partial charge in [0.25, 0.3) is 0 Å². The first-order valence-electron chi connectivity index (χ1n) is 9.68. The molecule has 1 aromatic carbocycles. The van der Waals surface area contributed by atoms with Crippen LogP contribution in [0.1, 0.15) is 26.2 Å². The van der Waals surface area contributed by atoms with Crippen LogP contribution in [0.25, 0.3) is 0 Å². The predicted molar refractivity (Wildman–Crippen MR) is 107 cm³/mol. The highest BCUT2D eigenvalue weighted by atomic mass is 19.1. The molecule has 8 nitrogen and oxygen atoms in total. The highest BCUT2D eigenvalue weighted by Gasteiger charge is 2.33. The fourth-order valence-electron chi connectivity index (χ4n) is 3.59. The third kappa shape index (κ3) is 4.69. The van der Waals surface area contributed by atoms with Crippen molar-refractivity contribution in [3.8, 4) is 12.1 Å². The number of anilines is 2. The summed E-state index contributed by atoms with van der Waals surface area (Å²) in [5.74, 6) is -0.873. The standard InChI is InChI=1S/C21H22FN5O3/c1-14(11-24)15-5-8-26(9-6-15)19-3-2-16(10-18(19)22)27-13-17(30-21(27)29)12-25-20(28)4-7-23/h2-3,10,17H,4-6,8-9,12-13H2,1H3,(H,25,28)/t17-/m0/s1. The quantitative estimate of drug-likeness (QED) is 0.746. The molecule has 2 amide bonds. The maximum Gasteiger partial charge on any atom is 0.414 e. The molecular weight excluding hydrogens is 389 g/mol. The fourth-order valence-corrected chi connectivity index (χ4v) is 3.59. The van der Waals surface area contributed by atoms with Crippen LogP contribution in [0.4, 0.5) is 20.6 Å². The number of allylic oxidation sites excluding steroid dienone is 1. The van der Waals surface area contributed by atoms with Crippen LogP contribution in [0.3, 0.4) is 0 Å². The molecule has 1 atom stereocenters. The van der Waals surface area contributed by atoms with Crippen LogP contribution in [0.2, 0.25) is 0 Å². The molecule has 3 rings (SSSR count). The second-order valence-corrected chi connectivity index (χ2v) is 7.22. The van der Waals surface area contributed by atoms with E-state index in [0.29, 0.717) is 24.5 Å². The average molecular weight is 411 g/mol. The summed E-state index contributed by atoms with van der Waals surface area (Å²) in [6.07, 6.45) is -0.00261. The first kappa shape index (κ1) is 21.1. The minimum Gasteiger partial charge on any atom is -0.442 e. The number of carbonyl (C=O) groups excluding carboxylic acids is 2. The molecule has 30 heavy (non-hydrogen) atoms. The van der Waals surface area contributed by atoms with Crippen molar-refractivity contribution in [1.82, 2.24) is 5.32 Å². The van der Waals surface area contributed by atoms with Gasteiger partial charge in [-0.15, -0.1) is 0 Å². The van der Waals surface area contributed by atoms with Crippen molar-refractivity contribution in [1.29, 1.82) is 10.5 Å². The Labute approximate surface area is 174 Å². The summed E-state index contributed by atoms with van der Waals surface area (Å²) in [5, 5.41) is 20.0. The van der Waals surface area contributed by atoms with Crippen LogP contribution >= 0.6 is 0 Å². The topological polar surface area (TPSA) is 109 Å². The summed E-state index contributed by atoms with van der Waals surface area (Å²) in [7, 11) is 0. The molecule has 0 bridgehead atoms. The van der Waals surface area contributed by atoms with Gasteiger partial charge in [0, 0.05) is 18.7 Å². The van der Waals surface area contributed by atoms with Crippen molar-refractivity contribution in [2.75, 3.05) is 36.0 Å². The lowest BCUT2D eigenvalue weighted by Gasteiger charge is -2.31. The SMILES string of the molecule is CC(C#N)=C1CCN(c2ccc(N3C[C@H](CNC(=O)CC#N)OC3=O)cc2F)CC1. The van der Waals surface area contributed by atoms with Gasteiger partial charge in [0.1, 0.15) is 18.3 Å². The molecule has 2 aliphatic rings. The summed E-state index contributed by atoms with van der Waals surface area (Å²) in [5.41, 5.74) is 2.68. The second kappa shape index (κ2) is 9.27. The average Bonchev–Trinajstić information content (AvgIpc) is 3.12. The zero-order chi connectivity index (χ0) is 21.7. The van der Waals surface area contributed by atoms with Gasteiger partial charge < -0.3 is 15.0 Å². The molecule has 0 spiro atoms. The zero-order valence-electron chi connectivity index (χ0n) is 16.7. The fraction of sp³-hybridized carbons (Fsp3) is 0.429. The van der Waals surface area contributed by atoms with Gasteiger partial charge >= 0.3 is 6.09 Å². The van der Waals surface area contributed by atoms with Crippen LogP contribution in [0.5, 0.6) is 0 Å². The Morgan fingerprint density at radius 1 is 1.33 bits per heavy atom. The maximum absolute atomic E-state index is 14.8. The van der Waals surface area contributed by atoms with Crippen LogP contribution in [0.15, 0.2) is 29.3 Å². The number of nitrogens with zero attached hydrogens (tertiary/aromatic N) is 4. The molecule has 1 N–H and O–H groups in total. The first-order chi connectivity index (χ1) is 14.4. The second-order valence-electron chi connectivity index (χ2n) is 7.22. The van der Waals surface area contributed by atoms with Crippen LogP contribution in [-0.2, 0) is 9.53 Å². The Bertz CT molecular complexity index is 952. The van der Waals surface area contributed by atoms with Gasteiger partial charge in [0.05, 0.1) is 36.6 Å². The Morgan fingerprint density at radius 2 is 2.07 bits per heavy atom. The molecule has 0 saturated carbocycles. The van der Waals surface area contributed by atoms with E-state index < -0.39 is 23.9 Å². The Balaban J connectivity index is 1.63. The number of carbonyl (C=O) groups is 2. The summed E-state index contributed by atoms with van der Waals surface area (Å²) < 4.78 is 20.0. The molecule has 2 fully saturated rings. The van der Waals surface area contributed by atoms with Crippen molar-refractivity contribution in [2.45, 2.75) is 32.3 Å². The smallest absolute Gasteiger partial charge is 0.414 e. The lowest BCUT2D eigenvalue weighted by Crippen LogP contribution is -2.34. The number of hydrogen-bond donors (Lipinski definition) is 1. The molecule has 2 aliphatic heterocycles.